The fraction of sp³-hybridized carbons (Fsp3) is 0.250. The number of benzene rings is 1. The van der Waals surface area contributed by atoms with E-state index >= 15 is 0 Å². The van der Waals surface area contributed by atoms with E-state index in [1.807, 2.05) is 24.0 Å². The molecule has 3 aromatic rings. The smallest absolute Gasteiger partial charge is 0.287 e. The molecule has 1 aromatic carbocycles. The van der Waals surface area contributed by atoms with Gasteiger partial charge in [0.2, 0.25) is 0 Å². The highest BCUT2D eigenvalue weighted by atomic mass is 35.5. The van der Waals surface area contributed by atoms with E-state index in [1.54, 1.807) is 34.0 Å². The van der Waals surface area contributed by atoms with Crippen molar-refractivity contribution in [1.29, 1.82) is 0 Å². The van der Waals surface area contributed by atoms with Crippen LogP contribution in [0.3, 0.4) is 0 Å². The van der Waals surface area contributed by atoms with Crippen molar-refractivity contribution in [2.75, 3.05) is 31.1 Å². The maximum absolute atomic E-state index is 13.0. The summed E-state index contributed by atoms with van der Waals surface area (Å²) in [6, 6.07) is 10.4. The molecule has 0 saturated carbocycles. The number of pyridine rings is 1. The van der Waals surface area contributed by atoms with Gasteiger partial charge in [-0.25, -0.2) is 9.67 Å². The van der Waals surface area contributed by atoms with E-state index in [2.05, 4.69) is 10.1 Å². The van der Waals surface area contributed by atoms with Crippen molar-refractivity contribution >= 4 is 29.0 Å². The van der Waals surface area contributed by atoms with E-state index in [0.29, 0.717) is 42.6 Å². The second-order valence-electron chi connectivity index (χ2n) is 6.95. The topological polar surface area (TPSA) is 97.4 Å². The molecule has 0 atom stereocenters. The fourth-order valence-electron chi connectivity index (χ4n) is 3.47. The van der Waals surface area contributed by atoms with Crippen LogP contribution in [0.5, 0.6) is 0 Å². The summed E-state index contributed by atoms with van der Waals surface area (Å²) in [6.07, 6.45) is 2.84. The van der Waals surface area contributed by atoms with Crippen molar-refractivity contribution in [3.05, 3.63) is 75.2 Å². The van der Waals surface area contributed by atoms with Gasteiger partial charge in [-0.05, 0) is 31.2 Å². The Morgan fingerprint density at radius 2 is 1.90 bits per heavy atom. The summed E-state index contributed by atoms with van der Waals surface area (Å²) in [7, 11) is 0. The summed E-state index contributed by atoms with van der Waals surface area (Å²) < 4.78 is 1.70. The molecule has 2 aromatic heterocycles. The molecule has 10 heteroatoms. The summed E-state index contributed by atoms with van der Waals surface area (Å²) in [4.78, 5) is 31.3. The Bertz CT molecular complexity index is 1090. The molecule has 1 aliphatic heterocycles. The molecule has 1 amide bonds. The Labute approximate surface area is 177 Å². The van der Waals surface area contributed by atoms with E-state index in [-0.39, 0.29) is 11.6 Å². The number of nitrogens with zero attached hydrogens (tertiary/aromatic N) is 6. The Hall–Kier alpha value is -3.46. The van der Waals surface area contributed by atoms with Crippen molar-refractivity contribution in [2.24, 2.45) is 0 Å². The molecule has 9 nitrogen and oxygen atoms in total. The molecule has 1 fully saturated rings. The minimum Gasteiger partial charge on any atom is -0.353 e. The molecule has 154 valence electrons. The van der Waals surface area contributed by atoms with Crippen LogP contribution in [0.2, 0.25) is 5.02 Å². The van der Waals surface area contributed by atoms with Gasteiger partial charge >= 0.3 is 0 Å². The van der Waals surface area contributed by atoms with Crippen LogP contribution in [0.15, 0.2) is 48.8 Å². The van der Waals surface area contributed by atoms with Crippen molar-refractivity contribution in [3.63, 3.8) is 0 Å². The lowest BCUT2D eigenvalue weighted by Gasteiger charge is -2.35. The molecular weight excluding hydrogens is 408 g/mol. The van der Waals surface area contributed by atoms with Crippen LogP contribution in [0.4, 0.5) is 11.5 Å². The zero-order valence-electron chi connectivity index (χ0n) is 16.2. The molecule has 0 radical (unpaired) electrons. The van der Waals surface area contributed by atoms with Gasteiger partial charge in [-0.15, -0.1) is 0 Å². The lowest BCUT2D eigenvalue weighted by Crippen LogP contribution is -2.49. The third-order valence-electron chi connectivity index (χ3n) is 5.13. The molecule has 3 heterocycles. The normalized spacial score (nSPS) is 14.1. The van der Waals surface area contributed by atoms with Gasteiger partial charge in [0.1, 0.15) is 12.0 Å². The van der Waals surface area contributed by atoms with Gasteiger partial charge in [0.15, 0.2) is 0 Å². The first kappa shape index (κ1) is 19.8. The van der Waals surface area contributed by atoms with Crippen molar-refractivity contribution < 1.29 is 9.72 Å². The van der Waals surface area contributed by atoms with Gasteiger partial charge in [0, 0.05) is 37.3 Å². The molecule has 0 N–H and O–H groups in total. The number of rotatable bonds is 4. The number of piperazine rings is 1. The maximum Gasteiger partial charge on any atom is 0.287 e. The largest absolute Gasteiger partial charge is 0.353 e. The predicted molar refractivity (Wildman–Crippen MR) is 112 cm³/mol. The molecule has 0 aliphatic carbocycles. The first-order chi connectivity index (χ1) is 14.4. The Morgan fingerprint density at radius 3 is 2.53 bits per heavy atom. The van der Waals surface area contributed by atoms with E-state index in [0.717, 1.165) is 11.4 Å². The van der Waals surface area contributed by atoms with Gasteiger partial charge < -0.3 is 9.80 Å². The van der Waals surface area contributed by atoms with Crippen LogP contribution >= 0.6 is 11.6 Å². The number of hydrogen-bond donors (Lipinski definition) is 0. The third-order valence-corrected chi connectivity index (χ3v) is 5.36. The van der Waals surface area contributed by atoms with Crippen molar-refractivity contribution in [3.8, 4) is 5.69 Å². The molecule has 1 saturated heterocycles. The number of nitro groups is 1. The minimum atomic E-state index is -0.473. The number of amides is 1. The van der Waals surface area contributed by atoms with Crippen molar-refractivity contribution in [2.45, 2.75) is 6.92 Å². The Balaban J connectivity index is 1.44. The fourth-order valence-corrected chi connectivity index (χ4v) is 3.65. The van der Waals surface area contributed by atoms with E-state index in [9.17, 15) is 14.9 Å². The number of aromatic nitrogens is 3. The molecule has 30 heavy (non-hydrogen) atoms. The van der Waals surface area contributed by atoms with Crippen LogP contribution in [-0.2, 0) is 0 Å². The zero-order chi connectivity index (χ0) is 21.3. The molecule has 0 spiro atoms. The molecule has 4 rings (SSSR count). The van der Waals surface area contributed by atoms with Gasteiger partial charge in [-0.3, -0.25) is 14.9 Å². The highest BCUT2D eigenvalue weighted by Gasteiger charge is 2.26. The van der Waals surface area contributed by atoms with Crippen LogP contribution in [0.1, 0.15) is 16.1 Å². The first-order valence-corrected chi connectivity index (χ1v) is 9.77. The summed E-state index contributed by atoms with van der Waals surface area (Å²) in [5.74, 6) is 0.592. The number of halogens is 1. The SMILES string of the molecule is Cc1c(C(=O)N2CCN(c3ccc([N+](=O)[O-])cn3)CC2)cnn1-c1cccc(Cl)c1. The van der Waals surface area contributed by atoms with Gasteiger partial charge in [-0.2, -0.15) is 5.10 Å². The standard InChI is InChI=1S/C20H19ClN6O3/c1-14-18(13-23-26(14)16-4-2-3-15(21)11-16)20(28)25-9-7-24(8-10-25)19-6-5-17(12-22-19)27(29)30/h2-6,11-13H,7-10H2,1H3. The predicted octanol–water partition coefficient (Wildman–Crippen LogP) is 3.10. The zero-order valence-corrected chi connectivity index (χ0v) is 17.0. The lowest BCUT2D eigenvalue weighted by molar-refractivity contribution is -0.385. The monoisotopic (exact) mass is 426 g/mol. The maximum atomic E-state index is 13.0. The van der Waals surface area contributed by atoms with Crippen LogP contribution in [-0.4, -0.2) is 56.7 Å². The Morgan fingerprint density at radius 1 is 1.13 bits per heavy atom. The van der Waals surface area contributed by atoms with Crippen LogP contribution in [0.25, 0.3) is 5.69 Å². The van der Waals surface area contributed by atoms with Crippen molar-refractivity contribution in [1.82, 2.24) is 19.7 Å². The number of carbonyl (C=O) groups excluding carboxylic acids is 1. The molecule has 1 aliphatic rings. The number of hydrogen-bond acceptors (Lipinski definition) is 6. The quantitative estimate of drug-likeness (QED) is 0.469. The van der Waals surface area contributed by atoms with E-state index in [4.69, 9.17) is 11.6 Å². The minimum absolute atomic E-state index is 0.0419. The van der Waals surface area contributed by atoms with Crippen LogP contribution < -0.4 is 4.90 Å². The Kier molecular flexibility index (Phi) is 5.37. The first-order valence-electron chi connectivity index (χ1n) is 9.39. The summed E-state index contributed by atoms with van der Waals surface area (Å²) >= 11 is 6.07. The van der Waals surface area contributed by atoms with E-state index < -0.39 is 4.92 Å². The number of carbonyl (C=O) groups is 1. The second kappa shape index (κ2) is 8.11. The van der Waals surface area contributed by atoms with E-state index in [1.165, 1.54) is 12.3 Å². The molecular formula is C20H19ClN6O3. The molecule has 0 bridgehead atoms. The van der Waals surface area contributed by atoms with Gasteiger partial charge in [0.05, 0.1) is 28.1 Å². The lowest BCUT2D eigenvalue weighted by atomic mass is 10.2. The summed E-state index contributed by atoms with van der Waals surface area (Å²) in [6.45, 7) is 4.10. The van der Waals surface area contributed by atoms with Gasteiger partial charge in [-0.1, -0.05) is 17.7 Å². The van der Waals surface area contributed by atoms with Crippen LogP contribution in [0, 0.1) is 17.0 Å². The third kappa shape index (κ3) is 3.84. The average molecular weight is 427 g/mol. The second-order valence-corrected chi connectivity index (χ2v) is 7.38. The molecule has 0 unspecified atom stereocenters. The highest BCUT2D eigenvalue weighted by Crippen LogP contribution is 2.21. The summed E-state index contributed by atoms with van der Waals surface area (Å²) in [5, 5.41) is 15.7. The average Bonchev–Trinajstić information content (AvgIpc) is 3.14. The van der Waals surface area contributed by atoms with Gasteiger partial charge in [0.25, 0.3) is 11.6 Å². The number of anilines is 1. The highest BCUT2D eigenvalue weighted by molar-refractivity contribution is 6.30. The summed E-state index contributed by atoms with van der Waals surface area (Å²) in [5.41, 5.74) is 2.06.